The molecule has 6 heteroatoms. The average Bonchev–Trinajstić information content (AvgIpc) is 2.80. The number of carbonyl (C=O) groups is 1. The largest absolute Gasteiger partial charge is 0.389 e. The summed E-state index contributed by atoms with van der Waals surface area (Å²) in [5.74, 6) is 0.292. The number of fused-ring (bicyclic) bond motifs is 1. The van der Waals surface area contributed by atoms with Gasteiger partial charge in [0.1, 0.15) is 4.99 Å². The summed E-state index contributed by atoms with van der Waals surface area (Å²) in [6, 6.07) is 6.34. The summed E-state index contributed by atoms with van der Waals surface area (Å²) in [5.41, 5.74) is 7.80. The van der Waals surface area contributed by atoms with Crippen molar-refractivity contribution in [1.82, 2.24) is 4.90 Å². The molecule has 20 heavy (non-hydrogen) atoms. The highest BCUT2D eigenvalue weighted by Gasteiger charge is 2.35. The summed E-state index contributed by atoms with van der Waals surface area (Å²) < 4.78 is 0.971. The summed E-state index contributed by atoms with van der Waals surface area (Å²) in [5, 5.41) is 0. The van der Waals surface area contributed by atoms with Gasteiger partial charge in [0, 0.05) is 47.8 Å². The Bertz CT molecular complexity index is 578. The van der Waals surface area contributed by atoms with Crippen molar-refractivity contribution in [3.8, 4) is 0 Å². The summed E-state index contributed by atoms with van der Waals surface area (Å²) in [6.45, 7) is 2.48. The van der Waals surface area contributed by atoms with Crippen LogP contribution in [0.1, 0.15) is 18.4 Å². The third kappa shape index (κ3) is 2.42. The van der Waals surface area contributed by atoms with E-state index in [4.69, 9.17) is 18.0 Å². The van der Waals surface area contributed by atoms with Gasteiger partial charge in [0.05, 0.1) is 0 Å². The fraction of sp³-hybridized carbons (Fsp3) is 0.429. The smallest absolute Gasteiger partial charge is 0.223 e. The molecule has 2 aliphatic rings. The van der Waals surface area contributed by atoms with E-state index in [1.807, 2.05) is 23.1 Å². The molecule has 0 aromatic heterocycles. The van der Waals surface area contributed by atoms with E-state index in [1.165, 1.54) is 0 Å². The lowest BCUT2D eigenvalue weighted by molar-refractivity contribution is -0.129. The standard InChI is InChI=1S/C14H16BrN3OS/c15-9-1-3-12(11(7-9)14(16)20)17-5-6-18-10(8-17)2-4-13(18)19/h1,3,7,10H,2,4-6,8H2,(H2,16,20). The van der Waals surface area contributed by atoms with Crippen molar-refractivity contribution < 1.29 is 4.79 Å². The molecular weight excluding hydrogens is 338 g/mol. The number of thiocarbonyl (C=S) groups is 1. The Balaban J connectivity index is 1.87. The van der Waals surface area contributed by atoms with Crippen LogP contribution < -0.4 is 10.6 Å². The molecule has 2 heterocycles. The van der Waals surface area contributed by atoms with Crippen LogP contribution in [-0.4, -0.2) is 41.5 Å². The minimum atomic E-state index is 0.292. The molecule has 0 bridgehead atoms. The maximum atomic E-state index is 11.7. The molecule has 1 aromatic rings. The second-order valence-electron chi connectivity index (χ2n) is 5.25. The summed E-state index contributed by atoms with van der Waals surface area (Å²) >= 11 is 8.61. The molecular formula is C14H16BrN3OS. The molecule has 1 unspecified atom stereocenters. The fourth-order valence-corrected chi connectivity index (χ4v) is 3.59. The third-order valence-corrected chi connectivity index (χ3v) is 4.77. The molecule has 1 aromatic carbocycles. The number of rotatable bonds is 2. The first-order valence-corrected chi connectivity index (χ1v) is 7.90. The van der Waals surface area contributed by atoms with Crippen molar-refractivity contribution in [2.24, 2.45) is 5.73 Å². The maximum absolute atomic E-state index is 11.7. The molecule has 1 amide bonds. The van der Waals surface area contributed by atoms with Crippen LogP contribution in [0, 0.1) is 0 Å². The first-order valence-electron chi connectivity index (χ1n) is 6.70. The van der Waals surface area contributed by atoms with Gasteiger partial charge in [0.2, 0.25) is 5.91 Å². The van der Waals surface area contributed by atoms with E-state index >= 15 is 0 Å². The van der Waals surface area contributed by atoms with Crippen LogP contribution in [0.5, 0.6) is 0 Å². The van der Waals surface area contributed by atoms with Gasteiger partial charge in [-0.1, -0.05) is 28.1 Å². The monoisotopic (exact) mass is 353 g/mol. The van der Waals surface area contributed by atoms with Gasteiger partial charge < -0.3 is 15.5 Å². The highest BCUT2D eigenvalue weighted by atomic mass is 79.9. The Labute approximate surface area is 132 Å². The summed E-state index contributed by atoms with van der Waals surface area (Å²) in [6.07, 6.45) is 1.63. The number of hydrogen-bond donors (Lipinski definition) is 1. The van der Waals surface area contributed by atoms with Crippen LogP contribution in [0.4, 0.5) is 5.69 Å². The Hall–Kier alpha value is -1.14. The normalized spacial score (nSPS) is 22.1. The first-order chi connectivity index (χ1) is 9.56. The van der Waals surface area contributed by atoms with Crippen molar-refractivity contribution in [3.63, 3.8) is 0 Å². The van der Waals surface area contributed by atoms with Crippen LogP contribution in [0.25, 0.3) is 0 Å². The van der Waals surface area contributed by atoms with Crippen LogP contribution in [0.2, 0.25) is 0 Å². The highest BCUT2D eigenvalue weighted by molar-refractivity contribution is 9.10. The van der Waals surface area contributed by atoms with Crippen LogP contribution in [0.3, 0.4) is 0 Å². The lowest BCUT2D eigenvalue weighted by Crippen LogP contribution is -2.51. The number of carbonyl (C=O) groups excluding carboxylic acids is 1. The van der Waals surface area contributed by atoms with Crippen LogP contribution >= 0.6 is 28.1 Å². The van der Waals surface area contributed by atoms with Crippen LogP contribution in [-0.2, 0) is 4.79 Å². The van der Waals surface area contributed by atoms with Gasteiger partial charge in [-0.15, -0.1) is 0 Å². The van der Waals surface area contributed by atoms with Gasteiger partial charge >= 0.3 is 0 Å². The van der Waals surface area contributed by atoms with E-state index in [1.54, 1.807) is 0 Å². The number of benzene rings is 1. The van der Waals surface area contributed by atoms with Gasteiger partial charge in [0.25, 0.3) is 0 Å². The van der Waals surface area contributed by atoms with Crippen molar-refractivity contribution in [2.45, 2.75) is 18.9 Å². The molecule has 3 rings (SSSR count). The second-order valence-corrected chi connectivity index (χ2v) is 6.61. The molecule has 2 fully saturated rings. The minimum Gasteiger partial charge on any atom is -0.389 e. The van der Waals surface area contributed by atoms with Gasteiger partial charge in [-0.05, 0) is 24.6 Å². The molecule has 0 saturated carbocycles. The number of nitrogens with two attached hydrogens (primary N) is 1. The predicted octanol–water partition coefficient (Wildman–Crippen LogP) is 1.89. The number of nitrogens with zero attached hydrogens (tertiary/aromatic N) is 2. The summed E-state index contributed by atoms with van der Waals surface area (Å²) in [4.78, 5) is 16.4. The number of hydrogen-bond acceptors (Lipinski definition) is 3. The fourth-order valence-electron chi connectivity index (χ4n) is 3.06. The van der Waals surface area contributed by atoms with E-state index in [2.05, 4.69) is 20.8 Å². The van der Waals surface area contributed by atoms with Gasteiger partial charge in [-0.2, -0.15) is 0 Å². The lowest BCUT2D eigenvalue weighted by atomic mass is 10.1. The van der Waals surface area contributed by atoms with Gasteiger partial charge in [-0.25, -0.2) is 0 Å². The van der Waals surface area contributed by atoms with E-state index in [0.29, 0.717) is 23.4 Å². The van der Waals surface area contributed by atoms with E-state index in [9.17, 15) is 4.79 Å². The molecule has 0 aliphatic carbocycles. The third-order valence-electron chi connectivity index (χ3n) is 4.06. The molecule has 2 aliphatic heterocycles. The number of anilines is 1. The Morgan fingerprint density at radius 1 is 1.40 bits per heavy atom. The van der Waals surface area contributed by atoms with Crippen molar-refractivity contribution in [1.29, 1.82) is 0 Å². The topological polar surface area (TPSA) is 49.6 Å². The summed E-state index contributed by atoms with van der Waals surface area (Å²) in [7, 11) is 0. The van der Waals surface area contributed by atoms with Crippen molar-refractivity contribution in [3.05, 3.63) is 28.2 Å². The molecule has 0 spiro atoms. The van der Waals surface area contributed by atoms with E-state index in [-0.39, 0.29) is 0 Å². The van der Waals surface area contributed by atoms with E-state index in [0.717, 1.165) is 41.8 Å². The molecule has 2 saturated heterocycles. The Morgan fingerprint density at radius 2 is 2.20 bits per heavy atom. The SMILES string of the molecule is NC(=S)c1cc(Br)ccc1N1CCN2C(=O)CCC2C1. The van der Waals surface area contributed by atoms with Gasteiger partial charge in [-0.3, -0.25) is 4.79 Å². The molecule has 106 valence electrons. The first kappa shape index (κ1) is 13.8. The average molecular weight is 354 g/mol. The van der Waals surface area contributed by atoms with Crippen LogP contribution in [0.15, 0.2) is 22.7 Å². The number of piperazine rings is 1. The predicted molar refractivity (Wildman–Crippen MR) is 87.0 cm³/mol. The minimum absolute atomic E-state index is 0.292. The maximum Gasteiger partial charge on any atom is 0.223 e. The number of amides is 1. The molecule has 1 atom stereocenters. The zero-order valence-electron chi connectivity index (χ0n) is 11.0. The van der Waals surface area contributed by atoms with E-state index < -0.39 is 0 Å². The molecule has 2 N–H and O–H groups in total. The second kappa shape index (κ2) is 5.33. The zero-order valence-corrected chi connectivity index (χ0v) is 13.4. The lowest BCUT2D eigenvalue weighted by Gasteiger charge is -2.39. The Kier molecular flexibility index (Phi) is 3.69. The Morgan fingerprint density at radius 3 is 2.95 bits per heavy atom. The van der Waals surface area contributed by atoms with Crippen molar-refractivity contribution in [2.75, 3.05) is 24.5 Å². The van der Waals surface area contributed by atoms with Crippen molar-refractivity contribution >= 4 is 44.7 Å². The highest BCUT2D eigenvalue weighted by Crippen LogP contribution is 2.30. The number of halogens is 1. The molecule has 0 radical (unpaired) electrons. The zero-order chi connectivity index (χ0) is 14.3. The quantitative estimate of drug-likeness (QED) is 0.825. The molecule has 4 nitrogen and oxygen atoms in total. The van der Waals surface area contributed by atoms with Gasteiger partial charge in [0.15, 0.2) is 0 Å².